The lowest BCUT2D eigenvalue weighted by molar-refractivity contribution is -0.138. The molecule has 1 fully saturated rings. The molecule has 2 N–H and O–H groups in total. The van der Waals surface area contributed by atoms with Crippen LogP contribution in [0.25, 0.3) is 0 Å². The lowest BCUT2D eigenvalue weighted by atomic mass is 9.97. The van der Waals surface area contributed by atoms with Crippen LogP contribution in [0.1, 0.15) is 48.7 Å². The molecular formula is C14H19N3O4. The van der Waals surface area contributed by atoms with E-state index >= 15 is 0 Å². The second kappa shape index (κ2) is 5.67. The van der Waals surface area contributed by atoms with Crippen LogP contribution in [-0.2, 0) is 9.59 Å². The fourth-order valence-electron chi connectivity index (χ4n) is 2.91. The molecule has 0 radical (unpaired) electrons. The van der Waals surface area contributed by atoms with Gasteiger partial charge in [0.15, 0.2) is 0 Å². The average Bonchev–Trinajstić information content (AvgIpc) is 2.40. The van der Waals surface area contributed by atoms with Crippen molar-refractivity contribution in [2.45, 2.75) is 45.6 Å². The summed E-state index contributed by atoms with van der Waals surface area (Å²) in [4.78, 5) is 39.3. The van der Waals surface area contributed by atoms with Gasteiger partial charge >= 0.3 is 11.7 Å². The standard InChI is InChI=1S/C14H19N3O4/c1-7(13(19)20)11-8(2)16-14(21)17(9(11)3)10-5-4-6-15-12(10)18/h7,10H,4-6H2,1-3H3,(H,15,18)(H,19,20). The number of carboxylic acid groups (broad SMARTS) is 1. The van der Waals surface area contributed by atoms with Gasteiger partial charge < -0.3 is 10.4 Å². The number of aliphatic carboxylic acids is 1. The summed E-state index contributed by atoms with van der Waals surface area (Å²) < 4.78 is 1.33. The predicted molar refractivity (Wildman–Crippen MR) is 75.3 cm³/mol. The van der Waals surface area contributed by atoms with Crippen LogP contribution >= 0.6 is 0 Å². The highest BCUT2D eigenvalue weighted by atomic mass is 16.4. The number of rotatable bonds is 3. The molecular weight excluding hydrogens is 274 g/mol. The largest absolute Gasteiger partial charge is 0.481 e. The zero-order valence-electron chi connectivity index (χ0n) is 12.3. The molecule has 21 heavy (non-hydrogen) atoms. The van der Waals surface area contributed by atoms with E-state index in [9.17, 15) is 19.5 Å². The third kappa shape index (κ3) is 2.68. The van der Waals surface area contributed by atoms with Gasteiger partial charge in [-0.25, -0.2) is 4.79 Å². The third-order valence-corrected chi connectivity index (χ3v) is 3.98. The van der Waals surface area contributed by atoms with Crippen molar-refractivity contribution in [3.63, 3.8) is 0 Å². The normalized spacial score (nSPS) is 20.0. The molecule has 114 valence electrons. The van der Waals surface area contributed by atoms with Crippen LogP contribution in [0.4, 0.5) is 0 Å². The van der Waals surface area contributed by atoms with Gasteiger partial charge in [0.2, 0.25) is 5.91 Å². The number of nitrogens with zero attached hydrogens (tertiary/aromatic N) is 2. The summed E-state index contributed by atoms with van der Waals surface area (Å²) in [5.74, 6) is -1.98. The van der Waals surface area contributed by atoms with Gasteiger partial charge in [0.1, 0.15) is 6.04 Å². The molecule has 2 heterocycles. The minimum absolute atomic E-state index is 0.217. The number of aryl methyl sites for hydroxylation is 1. The lowest BCUT2D eigenvalue weighted by Gasteiger charge is -2.27. The predicted octanol–water partition coefficient (Wildman–Crippen LogP) is 0.499. The zero-order chi connectivity index (χ0) is 15.7. The van der Waals surface area contributed by atoms with E-state index in [0.29, 0.717) is 29.9 Å². The number of aromatic nitrogens is 2. The summed E-state index contributed by atoms with van der Waals surface area (Å²) in [6, 6.07) is -0.612. The molecule has 0 saturated carbocycles. The molecule has 1 amide bonds. The van der Waals surface area contributed by atoms with E-state index in [1.54, 1.807) is 20.8 Å². The molecule has 1 aromatic heterocycles. The quantitative estimate of drug-likeness (QED) is 0.845. The summed E-state index contributed by atoms with van der Waals surface area (Å²) in [6.45, 7) is 5.44. The Bertz CT molecular complexity index is 650. The van der Waals surface area contributed by atoms with Crippen LogP contribution in [0.2, 0.25) is 0 Å². The molecule has 0 spiro atoms. The van der Waals surface area contributed by atoms with Crippen LogP contribution in [0.3, 0.4) is 0 Å². The lowest BCUT2D eigenvalue weighted by Crippen LogP contribution is -2.43. The van der Waals surface area contributed by atoms with E-state index in [1.807, 2.05) is 0 Å². The maximum Gasteiger partial charge on any atom is 0.348 e. The van der Waals surface area contributed by atoms with E-state index in [4.69, 9.17) is 0 Å². The highest BCUT2D eigenvalue weighted by Gasteiger charge is 2.29. The molecule has 1 aromatic rings. The second-order valence-corrected chi connectivity index (χ2v) is 5.36. The van der Waals surface area contributed by atoms with Gasteiger partial charge in [-0.3, -0.25) is 14.2 Å². The van der Waals surface area contributed by atoms with Gasteiger partial charge in [0.25, 0.3) is 0 Å². The number of carbonyl (C=O) groups is 2. The smallest absolute Gasteiger partial charge is 0.348 e. The van der Waals surface area contributed by atoms with E-state index in [0.717, 1.165) is 6.42 Å². The van der Waals surface area contributed by atoms with Crippen molar-refractivity contribution in [1.29, 1.82) is 0 Å². The molecule has 7 heteroatoms. The van der Waals surface area contributed by atoms with E-state index in [1.165, 1.54) is 4.57 Å². The molecule has 2 unspecified atom stereocenters. The molecule has 1 saturated heterocycles. The Morgan fingerprint density at radius 1 is 1.43 bits per heavy atom. The Morgan fingerprint density at radius 3 is 2.67 bits per heavy atom. The molecule has 1 aliphatic rings. The SMILES string of the molecule is Cc1nc(=O)n(C2CCCNC2=O)c(C)c1C(C)C(=O)O. The zero-order valence-corrected chi connectivity index (χ0v) is 12.3. The fraction of sp³-hybridized carbons (Fsp3) is 0.571. The topological polar surface area (TPSA) is 101 Å². The third-order valence-electron chi connectivity index (χ3n) is 3.98. The van der Waals surface area contributed by atoms with E-state index in [2.05, 4.69) is 10.3 Å². The Kier molecular flexibility index (Phi) is 4.11. The van der Waals surface area contributed by atoms with Crippen molar-refractivity contribution in [3.05, 3.63) is 27.4 Å². The average molecular weight is 293 g/mol. The van der Waals surface area contributed by atoms with Crippen molar-refractivity contribution in [2.24, 2.45) is 0 Å². The Balaban J connectivity index is 2.61. The molecule has 0 bridgehead atoms. The van der Waals surface area contributed by atoms with Crippen LogP contribution in [-0.4, -0.2) is 33.1 Å². The summed E-state index contributed by atoms with van der Waals surface area (Å²) in [5.41, 5.74) is 0.901. The Labute approximate surface area is 122 Å². The van der Waals surface area contributed by atoms with Crippen molar-refractivity contribution < 1.29 is 14.7 Å². The summed E-state index contributed by atoms with van der Waals surface area (Å²) >= 11 is 0. The van der Waals surface area contributed by atoms with E-state index < -0.39 is 23.6 Å². The number of carbonyl (C=O) groups excluding carboxylic acids is 1. The van der Waals surface area contributed by atoms with Crippen molar-refractivity contribution in [2.75, 3.05) is 6.54 Å². The molecule has 1 aliphatic heterocycles. The number of amides is 1. The van der Waals surface area contributed by atoms with Gasteiger partial charge in [0, 0.05) is 23.5 Å². The van der Waals surface area contributed by atoms with Gasteiger partial charge in [-0.05, 0) is 33.6 Å². The van der Waals surface area contributed by atoms with Gasteiger partial charge in [-0.1, -0.05) is 0 Å². The first-order valence-corrected chi connectivity index (χ1v) is 6.94. The monoisotopic (exact) mass is 293 g/mol. The number of piperidine rings is 1. The van der Waals surface area contributed by atoms with Gasteiger partial charge in [-0.2, -0.15) is 4.98 Å². The summed E-state index contributed by atoms with van der Waals surface area (Å²) in [5, 5.41) is 11.9. The first kappa shape index (κ1) is 15.2. The minimum atomic E-state index is -0.985. The maximum atomic E-state index is 12.2. The van der Waals surface area contributed by atoms with Crippen LogP contribution in [0, 0.1) is 13.8 Å². The molecule has 7 nitrogen and oxygen atoms in total. The van der Waals surface area contributed by atoms with Crippen molar-refractivity contribution >= 4 is 11.9 Å². The second-order valence-electron chi connectivity index (χ2n) is 5.36. The Hall–Kier alpha value is -2.18. The van der Waals surface area contributed by atoms with E-state index in [-0.39, 0.29) is 5.91 Å². The number of hydrogen-bond acceptors (Lipinski definition) is 4. The van der Waals surface area contributed by atoms with Crippen LogP contribution in [0.15, 0.2) is 4.79 Å². The first-order chi connectivity index (χ1) is 9.84. The summed E-state index contributed by atoms with van der Waals surface area (Å²) in [7, 11) is 0. The highest BCUT2D eigenvalue weighted by molar-refractivity contribution is 5.81. The van der Waals surface area contributed by atoms with Gasteiger partial charge in [-0.15, -0.1) is 0 Å². The van der Waals surface area contributed by atoms with Gasteiger partial charge in [0.05, 0.1) is 5.92 Å². The Morgan fingerprint density at radius 2 is 2.10 bits per heavy atom. The van der Waals surface area contributed by atoms with Crippen LogP contribution in [0.5, 0.6) is 0 Å². The number of hydrogen-bond donors (Lipinski definition) is 2. The molecule has 0 aromatic carbocycles. The van der Waals surface area contributed by atoms with Crippen LogP contribution < -0.4 is 11.0 Å². The minimum Gasteiger partial charge on any atom is -0.481 e. The molecule has 2 rings (SSSR count). The molecule has 0 aliphatic carbocycles. The van der Waals surface area contributed by atoms with Crippen molar-refractivity contribution in [3.8, 4) is 0 Å². The number of carboxylic acids is 1. The number of nitrogens with one attached hydrogen (secondary N) is 1. The first-order valence-electron chi connectivity index (χ1n) is 6.94. The maximum absolute atomic E-state index is 12.2. The fourth-order valence-corrected chi connectivity index (χ4v) is 2.91. The molecule has 2 atom stereocenters. The highest BCUT2D eigenvalue weighted by Crippen LogP contribution is 2.25. The summed E-state index contributed by atoms with van der Waals surface area (Å²) in [6.07, 6.45) is 1.33. The van der Waals surface area contributed by atoms with Crippen molar-refractivity contribution in [1.82, 2.24) is 14.9 Å².